The Labute approximate surface area is 153 Å². The molecule has 0 aliphatic rings. The molecule has 0 saturated carbocycles. The van der Waals surface area contributed by atoms with Crippen LogP contribution in [0.2, 0.25) is 0 Å². The van der Waals surface area contributed by atoms with Crippen molar-refractivity contribution in [2.75, 3.05) is 12.4 Å². The monoisotopic (exact) mass is 353 g/mol. The molecule has 0 atom stereocenters. The van der Waals surface area contributed by atoms with Crippen molar-refractivity contribution < 1.29 is 14.3 Å². The average molecular weight is 353 g/mol. The third-order valence-corrected chi connectivity index (χ3v) is 3.98. The van der Waals surface area contributed by atoms with E-state index in [0.29, 0.717) is 0 Å². The van der Waals surface area contributed by atoms with E-state index >= 15 is 0 Å². The molecule has 0 heterocycles. The van der Waals surface area contributed by atoms with Crippen LogP contribution in [0.4, 0.5) is 5.69 Å². The van der Waals surface area contributed by atoms with E-state index in [4.69, 9.17) is 4.74 Å². The molecular formula is C20H23N3O3. The molecule has 0 fully saturated rings. The van der Waals surface area contributed by atoms with Gasteiger partial charge in [-0.1, -0.05) is 12.1 Å². The van der Waals surface area contributed by atoms with Crippen LogP contribution in [0.5, 0.6) is 5.75 Å². The van der Waals surface area contributed by atoms with E-state index in [-0.39, 0.29) is 24.7 Å². The van der Waals surface area contributed by atoms with Crippen molar-refractivity contribution in [3.8, 4) is 5.75 Å². The van der Waals surface area contributed by atoms with Crippen LogP contribution in [0, 0.1) is 13.8 Å². The van der Waals surface area contributed by atoms with E-state index in [0.717, 1.165) is 28.1 Å². The van der Waals surface area contributed by atoms with Crippen LogP contribution >= 0.6 is 0 Å². The molecule has 2 amide bonds. The molecule has 2 aromatic carbocycles. The number of aryl methyl sites for hydroxylation is 1. The first kappa shape index (κ1) is 19.2. The minimum absolute atomic E-state index is 0.0661. The summed E-state index contributed by atoms with van der Waals surface area (Å²) in [6.45, 7) is 3.94. The van der Waals surface area contributed by atoms with E-state index in [1.54, 1.807) is 19.2 Å². The molecule has 136 valence electrons. The van der Waals surface area contributed by atoms with Gasteiger partial charge in [0.05, 0.1) is 13.3 Å². The number of nitrogens with zero attached hydrogens (tertiary/aromatic N) is 1. The number of nitrogens with one attached hydrogen (secondary N) is 2. The van der Waals surface area contributed by atoms with Crippen molar-refractivity contribution in [3.63, 3.8) is 0 Å². The lowest BCUT2D eigenvalue weighted by Crippen LogP contribution is -2.21. The minimum atomic E-state index is -0.314. The number of hydrazone groups is 1. The Morgan fingerprint density at radius 1 is 1.04 bits per heavy atom. The highest BCUT2D eigenvalue weighted by molar-refractivity contribution is 5.94. The summed E-state index contributed by atoms with van der Waals surface area (Å²) in [6, 6.07) is 13.0. The fourth-order valence-corrected chi connectivity index (χ4v) is 2.25. The third-order valence-electron chi connectivity index (χ3n) is 3.98. The number of carbonyl (C=O) groups is 2. The number of methoxy groups -OCH3 is 1. The summed E-state index contributed by atoms with van der Waals surface area (Å²) in [5.41, 5.74) is 6.15. The van der Waals surface area contributed by atoms with Gasteiger partial charge >= 0.3 is 0 Å². The lowest BCUT2D eigenvalue weighted by atomic mass is 10.1. The summed E-state index contributed by atoms with van der Waals surface area (Å²) < 4.78 is 5.07. The second-order valence-electron chi connectivity index (χ2n) is 5.86. The molecule has 2 rings (SSSR count). The largest absolute Gasteiger partial charge is 0.497 e. The second kappa shape index (κ2) is 9.36. The van der Waals surface area contributed by atoms with E-state index < -0.39 is 0 Å². The van der Waals surface area contributed by atoms with Crippen molar-refractivity contribution in [3.05, 3.63) is 59.2 Å². The van der Waals surface area contributed by atoms with Gasteiger partial charge in [-0.2, -0.15) is 5.10 Å². The molecule has 0 unspecified atom stereocenters. The van der Waals surface area contributed by atoms with Crippen LogP contribution in [0.3, 0.4) is 0 Å². The maximum absolute atomic E-state index is 12.0. The van der Waals surface area contributed by atoms with Crippen molar-refractivity contribution in [2.45, 2.75) is 26.7 Å². The van der Waals surface area contributed by atoms with E-state index in [2.05, 4.69) is 15.8 Å². The van der Waals surface area contributed by atoms with Gasteiger partial charge < -0.3 is 10.1 Å². The molecule has 0 spiro atoms. The van der Waals surface area contributed by atoms with E-state index in [1.807, 2.05) is 44.2 Å². The molecule has 0 radical (unpaired) electrons. The molecule has 26 heavy (non-hydrogen) atoms. The Hall–Kier alpha value is -3.15. The molecule has 6 nitrogen and oxygen atoms in total. The predicted octanol–water partition coefficient (Wildman–Crippen LogP) is 3.18. The zero-order chi connectivity index (χ0) is 18.9. The van der Waals surface area contributed by atoms with Gasteiger partial charge in [0.1, 0.15) is 5.75 Å². The van der Waals surface area contributed by atoms with E-state index in [9.17, 15) is 9.59 Å². The Bertz CT molecular complexity index is 798. The van der Waals surface area contributed by atoms with Crippen molar-refractivity contribution in [1.82, 2.24) is 5.43 Å². The average Bonchev–Trinajstić information content (AvgIpc) is 2.64. The highest BCUT2D eigenvalue weighted by Crippen LogP contribution is 2.18. The van der Waals surface area contributed by atoms with E-state index in [1.165, 1.54) is 6.21 Å². The number of anilines is 1. The number of ether oxygens (including phenoxy) is 1. The molecule has 0 saturated heterocycles. The Kier molecular flexibility index (Phi) is 6.91. The van der Waals surface area contributed by atoms with Gasteiger partial charge in [0.2, 0.25) is 11.8 Å². The topological polar surface area (TPSA) is 79.8 Å². The minimum Gasteiger partial charge on any atom is -0.497 e. The molecule has 2 N–H and O–H groups in total. The van der Waals surface area contributed by atoms with Crippen molar-refractivity contribution in [1.29, 1.82) is 0 Å². The molecule has 0 bridgehead atoms. The maximum atomic E-state index is 12.0. The van der Waals surface area contributed by atoms with Crippen molar-refractivity contribution >= 4 is 23.7 Å². The number of benzene rings is 2. The first-order valence-electron chi connectivity index (χ1n) is 8.31. The van der Waals surface area contributed by atoms with Gasteiger partial charge in [-0.05, 0) is 60.9 Å². The fourth-order valence-electron chi connectivity index (χ4n) is 2.25. The van der Waals surface area contributed by atoms with Crippen LogP contribution in [0.15, 0.2) is 47.6 Å². The van der Waals surface area contributed by atoms with Crippen LogP contribution in [-0.2, 0) is 9.59 Å². The predicted molar refractivity (Wildman–Crippen MR) is 103 cm³/mol. The Balaban J connectivity index is 1.76. The summed E-state index contributed by atoms with van der Waals surface area (Å²) in [7, 11) is 1.60. The lowest BCUT2D eigenvalue weighted by molar-refractivity contribution is -0.124. The normalized spacial score (nSPS) is 10.6. The van der Waals surface area contributed by atoms with Crippen LogP contribution in [-0.4, -0.2) is 25.1 Å². The number of hydrogen-bond acceptors (Lipinski definition) is 4. The van der Waals surface area contributed by atoms with Crippen LogP contribution in [0.1, 0.15) is 29.5 Å². The summed E-state index contributed by atoms with van der Waals surface area (Å²) in [4.78, 5) is 23.8. The third kappa shape index (κ3) is 5.73. The fraction of sp³-hybridized carbons (Fsp3) is 0.250. The quantitative estimate of drug-likeness (QED) is 0.593. The van der Waals surface area contributed by atoms with Crippen LogP contribution < -0.4 is 15.5 Å². The van der Waals surface area contributed by atoms with Gasteiger partial charge in [0, 0.05) is 18.5 Å². The molecule has 2 aromatic rings. The smallest absolute Gasteiger partial charge is 0.240 e. The zero-order valence-electron chi connectivity index (χ0n) is 15.2. The van der Waals surface area contributed by atoms with Crippen LogP contribution in [0.25, 0.3) is 0 Å². The summed E-state index contributed by atoms with van der Waals surface area (Å²) in [5, 5.41) is 6.72. The molecule has 0 aromatic heterocycles. The highest BCUT2D eigenvalue weighted by atomic mass is 16.5. The second-order valence-corrected chi connectivity index (χ2v) is 5.86. The van der Waals surface area contributed by atoms with Gasteiger partial charge in [0.25, 0.3) is 0 Å². The number of carbonyl (C=O) groups excluding carboxylic acids is 2. The highest BCUT2D eigenvalue weighted by Gasteiger charge is 2.08. The first-order valence-corrected chi connectivity index (χ1v) is 8.31. The van der Waals surface area contributed by atoms with Gasteiger partial charge in [-0.15, -0.1) is 0 Å². The molecule has 0 aliphatic heterocycles. The van der Waals surface area contributed by atoms with Crippen molar-refractivity contribution in [2.24, 2.45) is 5.10 Å². The Morgan fingerprint density at radius 3 is 2.42 bits per heavy atom. The number of amides is 2. The van der Waals surface area contributed by atoms with Gasteiger partial charge in [-0.3, -0.25) is 9.59 Å². The SMILES string of the molecule is COc1ccc(/C=N/NC(=O)CCC(=O)Nc2cccc(C)c2C)cc1. The Morgan fingerprint density at radius 2 is 1.73 bits per heavy atom. The molecule has 0 aliphatic carbocycles. The summed E-state index contributed by atoms with van der Waals surface area (Å²) >= 11 is 0. The summed E-state index contributed by atoms with van der Waals surface area (Å²) in [5.74, 6) is 0.236. The van der Waals surface area contributed by atoms with Gasteiger partial charge in [0.15, 0.2) is 0 Å². The lowest BCUT2D eigenvalue weighted by Gasteiger charge is -2.10. The zero-order valence-corrected chi connectivity index (χ0v) is 15.2. The number of rotatable bonds is 7. The number of hydrogen-bond donors (Lipinski definition) is 2. The maximum Gasteiger partial charge on any atom is 0.240 e. The first-order chi connectivity index (χ1) is 12.5. The summed E-state index contributed by atoms with van der Waals surface area (Å²) in [6.07, 6.45) is 1.70. The standard InChI is InChI=1S/C20H23N3O3/c1-14-5-4-6-18(15(14)2)22-19(24)11-12-20(25)23-21-13-16-7-9-17(26-3)10-8-16/h4-10,13H,11-12H2,1-3H3,(H,22,24)(H,23,25)/b21-13+. The molecule has 6 heteroatoms. The van der Waals surface area contributed by atoms with Gasteiger partial charge in [-0.25, -0.2) is 5.43 Å². The molecular weight excluding hydrogens is 330 g/mol.